The van der Waals surface area contributed by atoms with E-state index in [1.807, 2.05) is 24.0 Å². The van der Waals surface area contributed by atoms with Crippen molar-refractivity contribution in [1.82, 2.24) is 0 Å². The Morgan fingerprint density at radius 3 is 2.78 bits per heavy atom. The molecule has 0 aromatic heterocycles. The van der Waals surface area contributed by atoms with Crippen LogP contribution in [-0.2, 0) is 0 Å². The van der Waals surface area contributed by atoms with Crippen LogP contribution in [0.2, 0.25) is 0 Å². The van der Waals surface area contributed by atoms with Gasteiger partial charge in [-0.3, -0.25) is 0 Å². The largest absolute Gasteiger partial charge is 0.478 e. The van der Waals surface area contributed by atoms with Gasteiger partial charge < -0.3 is 15.1 Å². The van der Waals surface area contributed by atoms with Crippen molar-refractivity contribution in [2.75, 3.05) is 18.0 Å². The predicted octanol–water partition coefficient (Wildman–Crippen LogP) is 2.04. The van der Waals surface area contributed by atoms with Crippen molar-refractivity contribution in [3.63, 3.8) is 0 Å². The van der Waals surface area contributed by atoms with Gasteiger partial charge in [0.2, 0.25) is 0 Å². The Morgan fingerprint density at radius 2 is 2.17 bits per heavy atom. The first kappa shape index (κ1) is 12.9. The van der Waals surface area contributed by atoms with Gasteiger partial charge in [0.15, 0.2) is 0 Å². The summed E-state index contributed by atoms with van der Waals surface area (Å²) < 4.78 is 0. The highest BCUT2D eigenvalue weighted by Crippen LogP contribution is 2.28. The van der Waals surface area contributed by atoms with Crippen LogP contribution in [0.5, 0.6) is 0 Å². The lowest BCUT2D eigenvalue weighted by Gasteiger charge is -2.38. The summed E-state index contributed by atoms with van der Waals surface area (Å²) in [5.41, 5.74) is 1.21. The SMILES string of the molecule is Cc1ccc(N2CCCC(C)(O)C2)c(C(=O)O)c1. The Balaban J connectivity index is 2.35. The maximum atomic E-state index is 11.3. The highest BCUT2D eigenvalue weighted by Gasteiger charge is 2.30. The lowest BCUT2D eigenvalue weighted by atomic mass is 9.94. The second-order valence-electron chi connectivity index (χ2n) is 5.35. The molecule has 4 heteroatoms. The van der Waals surface area contributed by atoms with Crippen molar-refractivity contribution in [1.29, 1.82) is 0 Å². The number of hydrogen-bond acceptors (Lipinski definition) is 3. The minimum atomic E-state index is -0.918. The highest BCUT2D eigenvalue weighted by molar-refractivity contribution is 5.94. The van der Waals surface area contributed by atoms with E-state index >= 15 is 0 Å². The molecule has 0 amide bonds. The van der Waals surface area contributed by atoms with E-state index in [0.29, 0.717) is 17.8 Å². The van der Waals surface area contributed by atoms with Crippen LogP contribution in [0.15, 0.2) is 18.2 Å². The number of hydrogen-bond donors (Lipinski definition) is 2. The Labute approximate surface area is 107 Å². The molecule has 1 aliphatic heterocycles. The molecule has 2 N–H and O–H groups in total. The van der Waals surface area contributed by atoms with Crippen molar-refractivity contribution >= 4 is 11.7 Å². The molecule has 1 heterocycles. The zero-order valence-corrected chi connectivity index (χ0v) is 10.8. The van der Waals surface area contributed by atoms with Crippen LogP contribution in [0.25, 0.3) is 0 Å². The average molecular weight is 249 g/mol. The van der Waals surface area contributed by atoms with E-state index in [4.69, 9.17) is 0 Å². The molecule has 2 rings (SSSR count). The van der Waals surface area contributed by atoms with Crippen LogP contribution in [0.3, 0.4) is 0 Å². The number of β-amino-alcohol motifs (C(OH)–C–C–N with tert-alkyl or cyclic N) is 1. The van der Waals surface area contributed by atoms with Gasteiger partial charge in [0.1, 0.15) is 0 Å². The van der Waals surface area contributed by atoms with Gasteiger partial charge in [-0.2, -0.15) is 0 Å². The third-order valence-corrected chi connectivity index (χ3v) is 3.40. The Hall–Kier alpha value is -1.55. The Morgan fingerprint density at radius 1 is 1.44 bits per heavy atom. The molecule has 4 nitrogen and oxygen atoms in total. The molecule has 1 aromatic rings. The second-order valence-corrected chi connectivity index (χ2v) is 5.35. The third-order valence-electron chi connectivity index (χ3n) is 3.40. The zero-order chi connectivity index (χ0) is 13.3. The van der Waals surface area contributed by atoms with Crippen LogP contribution in [0, 0.1) is 6.92 Å². The molecule has 0 bridgehead atoms. The number of nitrogens with zero attached hydrogens (tertiary/aromatic N) is 1. The number of aromatic carboxylic acids is 1. The lowest BCUT2D eigenvalue weighted by molar-refractivity contribution is 0.0446. The van der Waals surface area contributed by atoms with Crippen molar-refractivity contribution in [3.05, 3.63) is 29.3 Å². The van der Waals surface area contributed by atoms with Crippen LogP contribution >= 0.6 is 0 Å². The van der Waals surface area contributed by atoms with E-state index in [1.54, 1.807) is 13.0 Å². The van der Waals surface area contributed by atoms with Gasteiger partial charge in [-0.05, 0) is 38.8 Å². The van der Waals surface area contributed by atoms with Gasteiger partial charge in [-0.1, -0.05) is 11.6 Å². The van der Waals surface area contributed by atoms with Gasteiger partial charge in [0, 0.05) is 13.1 Å². The maximum Gasteiger partial charge on any atom is 0.337 e. The zero-order valence-electron chi connectivity index (χ0n) is 10.8. The first-order valence-corrected chi connectivity index (χ1v) is 6.20. The number of aryl methyl sites for hydroxylation is 1. The number of piperidine rings is 1. The van der Waals surface area contributed by atoms with E-state index in [1.165, 1.54) is 0 Å². The Bertz CT molecular complexity index is 468. The van der Waals surface area contributed by atoms with E-state index < -0.39 is 11.6 Å². The molecule has 98 valence electrons. The monoisotopic (exact) mass is 249 g/mol. The predicted molar refractivity (Wildman–Crippen MR) is 70.2 cm³/mol. The molecule has 1 unspecified atom stereocenters. The number of carbonyl (C=O) groups is 1. The molecule has 0 aliphatic carbocycles. The number of carboxylic acids is 1. The van der Waals surface area contributed by atoms with Gasteiger partial charge in [0.05, 0.1) is 16.9 Å². The smallest absolute Gasteiger partial charge is 0.337 e. The van der Waals surface area contributed by atoms with Crippen molar-refractivity contribution in [3.8, 4) is 0 Å². The van der Waals surface area contributed by atoms with E-state index in [2.05, 4.69) is 0 Å². The van der Waals surface area contributed by atoms with Gasteiger partial charge in [0.25, 0.3) is 0 Å². The molecule has 1 aromatic carbocycles. The maximum absolute atomic E-state index is 11.3. The summed E-state index contributed by atoms with van der Waals surface area (Å²) in [6.07, 6.45) is 1.64. The van der Waals surface area contributed by atoms with Gasteiger partial charge in [-0.15, -0.1) is 0 Å². The fourth-order valence-corrected chi connectivity index (χ4v) is 2.52. The average Bonchev–Trinajstić information content (AvgIpc) is 2.27. The molecular formula is C14H19NO3. The molecular weight excluding hydrogens is 230 g/mol. The molecule has 1 atom stereocenters. The first-order chi connectivity index (χ1) is 8.39. The van der Waals surface area contributed by atoms with Gasteiger partial charge >= 0.3 is 5.97 Å². The summed E-state index contributed by atoms with van der Waals surface area (Å²) in [6, 6.07) is 5.42. The molecule has 0 spiro atoms. The highest BCUT2D eigenvalue weighted by atomic mass is 16.4. The van der Waals surface area contributed by atoms with Gasteiger partial charge in [-0.25, -0.2) is 4.79 Å². The number of benzene rings is 1. The lowest BCUT2D eigenvalue weighted by Crippen LogP contribution is -2.46. The summed E-state index contributed by atoms with van der Waals surface area (Å²) in [7, 11) is 0. The molecule has 1 saturated heterocycles. The summed E-state index contributed by atoms with van der Waals surface area (Å²) in [4.78, 5) is 13.3. The molecule has 0 radical (unpaired) electrons. The van der Waals surface area contributed by atoms with Crippen molar-refractivity contribution in [2.24, 2.45) is 0 Å². The topological polar surface area (TPSA) is 60.8 Å². The fourth-order valence-electron chi connectivity index (χ4n) is 2.52. The summed E-state index contributed by atoms with van der Waals surface area (Å²) in [5, 5.41) is 19.4. The quantitative estimate of drug-likeness (QED) is 0.842. The van der Waals surface area contributed by atoms with E-state index in [9.17, 15) is 15.0 Å². The molecule has 1 aliphatic rings. The van der Waals surface area contributed by atoms with Crippen LogP contribution in [0.1, 0.15) is 35.7 Å². The van der Waals surface area contributed by atoms with Crippen molar-refractivity contribution < 1.29 is 15.0 Å². The summed E-state index contributed by atoms with van der Waals surface area (Å²) in [5.74, 6) is -0.918. The van der Waals surface area contributed by atoms with Crippen LogP contribution in [-0.4, -0.2) is 34.9 Å². The summed E-state index contributed by atoms with van der Waals surface area (Å²) in [6.45, 7) is 4.95. The first-order valence-electron chi connectivity index (χ1n) is 6.20. The Kier molecular flexibility index (Phi) is 3.30. The van der Waals surface area contributed by atoms with E-state index in [0.717, 1.165) is 24.9 Å². The number of anilines is 1. The van der Waals surface area contributed by atoms with E-state index in [-0.39, 0.29) is 0 Å². The third kappa shape index (κ3) is 2.64. The second kappa shape index (κ2) is 4.61. The van der Waals surface area contributed by atoms with Crippen molar-refractivity contribution in [2.45, 2.75) is 32.3 Å². The molecule has 0 saturated carbocycles. The molecule has 18 heavy (non-hydrogen) atoms. The fraction of sp³-hybridized carbons (Fsp3) is 0.500. The number of aliphatic hydroxyl groups is 1. The standard InChI is InChI=1S/C14H19NO3/c1-10-4-5-12(11(8-10)13(16)17)15-7-3-6-14(2,18)9-15/h4-5,8,18H,3,6-7,9H2,1-2H3,(H,16,17). The van der Waals surface area contributed by atoms with Crippen LogP contribution in [0.4, 0.5) is 5.69 Å². The minimum Gasteiger partial charge on any atom is -0.478 e. The normalized spacial score (nSPS) is 24.1. The van der Waals surface area contributed by atoms with Crippen LogP contribution < -0.4 is 4.90 Å². The minimum absolute atomic E-state index is 0.313. The number of carboxylic acid groups (broad SMARTS) is 1. The summed E-state index contributed by atoms with van der Waals surface area (Å²) >= 11 is 0. The molecule has 1 fully saturated rings. The number of rotatable bonds is 2.